The summed E-state index contributed by atoms with van der Waals surface area (Å²) in [6.45, 7) is 4.05. The zero-order valence-corrected chi connectivity index (χ0v) is 18.4. The zero-order chi connectivity index (χ0) is 19.9. The van der Waals surface area contributed by atoms with Gasteiger partial charge in [0.05, 0.1) is 18.2 Å². The Kier molecular flexibility index (Phi) is 8.57. The molecule has 0 bridgehead atoms. The van der Waals surface area contributed by atoms with Gasteiger partial charge in [-0.25, -0.2) is 18.8 Å². The molecule has 1 aliphatic rings. The number of benzene rings is 1. The first kappa shape index (κ1) is 22.8. The normalized spacial score (nSPS) is 16.1. The van der Waals surface area contributed by atoms with Gasteiger partial charge < -0.3 is 15.5 Å². The first-order chi connectivity index (χ1) is 13.6. The van der Waals surface area contributed by atoms with Crippen molar-refractivity contribution in [3.05, 3.63) is 59.3 Å². The third-order valence-electron chi connectivity index (χ3n) is 4.50. The molecule has 0 spiro atoms. The molecule has 154 valence electrons. The number of guanidine groups is 1. The number of halogens is 3. The number of nitrogens with zero attached hydrogens (tertiary/aromatic N) is 4. The largest absolute Gasteiger partial charge is 0.357 e. The van der Waals surface area contributed by atoms with Crippen LogP contribution in [0, 0.1) is 23.0 Å². The number of aliphatic imine (C=N–C) groups is 1. The van der Waals surface area contributed by atoms with Crippen LogP contribution in [0.15, 0.2) is 41.5 Å². The summed E-state index contributed by atoms with van der Waals surface area (Å²) in [5.41, 5.74) is 0.697. The number of pyridine rings is 1. The first-order valence-corrected chi connectivity index (χ1v) is 9.19. The molecule has 1 unspecified atom stereocenters. The molecule has 2 N–H and O–H groups in total. The predicted octanol–water partition coefficient (Wildman–Crippen LogP) is 3.18. The van der Waals surface area contributed by atoms with Gasteiger partial charge in [-0.3, -0.25) is 0 Å². The lowest BCUT2D eigenvalue weighted by Crippen LogP contribution is -2.44. The quantitative estimate of drug-likeness (QED) is 0.366. The van der Waals surface area contributed by atoms with E-state index in [0.717, 1.165) is 6.42 Å². The van der Waals surface area contributed by atoms with Gasteiger partial charge in [0.15, 0.2) is 17.6 Å². The maximum atomic E-state index is 14.0. The molecule has 6 nitrogen and oxygen atoms in total. The molecule has 29 heavy (non-hydrogen) atoms. The van der Waals surface area contributed by atoms with E-state index in [-0.39, 0.29) is 47.9 Å². The Balaban J connectivity index is 0.00000300. The molecule has 0 amide bonds. The molecule has 0 saturated carbocycles. The monoisotopic (exact) mass is 512 g/mol. The summed E-state index contributed by atoms with van der Waals surface area (Å²) in [4.78, 5) is 10.5. The Morgan fingerprint density at radius 3 is 2.86 bits per heavy atom. The molecule has 2 heterocycles. The van der Waals surface area contributed by atoms with E-state index in [9.17, 15) is 8.78 Å². The smallest absolute Gasteiger partial charge is 0.191 e. The Morgan fingerprint density at radius 2 is 2.17 bits per heavy atom. The summed E-state index contributed by atoms with van der Waals surface area (Å²) in [7, 11) is 0. The van der Waals surface area contributed by atoms with Crippen LogP contribution in [0.3, 0.4) is 0 Å². The van der Waals surface area contributed by atoms with Crippen LogP contribution in [-0.2, 0) is 6.54 Å². The number of hydrogen-bond donors (Lipinski definition) is 2. The van der Waals surface area contributed by atoms with E-state index >= 15 is 0 Å². The summed E-state index contributed by atoms with van der Waals surface area (Å²) in [5, 5.41) is 15.3. The van der Waals surface area contributed by atoms with E-state index in [1.54, 1.807) is 24.4 Å². The van der Waals surface area contributed by atoms with Gasteiger partial charge in [0.1, 0.15) is 5.82 Å². The van der Waals surface area contributed by atoms with E-state index < -0.39 is 5.82 Å². The van der Waals surface area contributed by atoms with Gasteiger partial charge in [-0.05, 0) is 37.6 Å². The SMILES string of the molecule is CCNC(=NCc1ccc(C#N)cc1F)NC1CCN(c2ncccc2F)C1.I. The van der Waals surface area contributed by atoms with Crippen LogP contribution in [0.5, 0.6) is 0 Å². The molecule has 1 aromatic carbocycles. The third kappa shape index (κ3) is 6.00. The fourth-order valence-electron chi connectivity index (χ4n) is 3.10. The molecule has 1 saturated heterocycles. The second-order valence-corrected chi connectivity index (χ2v) is 6.50. The van der Waals surface area contributed by atoms with Gasteiger partial charge in [-0.15, -0.1) is 24.0 Å². The maximum absolute atomic E-state index is 14.0. The molecule has 1 atom stereocenters. The standard InChI is InChI=1S/C20H22F2N6.HI/c1-2-24-20(26-12-15-6-5-14(11-23)10-18(15)22)27-16-7-9-28(13-16)19-17(21)4-3-8-25-19;/h3-6,8,10,16H,2,7,9,12-13H2,1H3,(H2,24,26,27);1H. The van der Waals surface area contributed by atoms with Crippen molar-refractivity contribution in [1.82, 2.24) is 15.6 Å². The molecule has 0 radical (unpaired) electrons. The molecule has 1 fully saturated rings. The molecule has 2 aromatic rings. The first-order valence-electron chi connectivity index (χ1n) is 9.19. The second kappa shape index (κ2) is 10.9. The Bertz CT molecular complexity index is 899. The molecule has 1 aliphatic heterocycles. The third-order valence-corrected chi connectivity index (χ3v) is 4.50. The van der Waals surface area contributed by atoms with Gasteiger partial charge in [-0.1, -0.05) is 6.07 Å². The summed E-state index contributed by atoms with van der Waals surface area (Å²) < 4.78 is 28.0. The lowest BCUT2D eigenvalue weighted by Gasteiger charge is -2.20. The van der Waals surface area contributed by atoms with Gasteiger partial charge in [0.2, 0.25) is 0 Å². The van der Waals surface area contributed by atoms with Crippen molar-refractivity contribution >= 4 is 35.8 Å². The molecule has 1 aromatic heterocycles. The van der Waals surface area contributed by atoms with Crippen LogP contribution >= 0.6 is 24.0 Å². The van der Waals surface area contributed by atoms with Crippen molar-refractivity contribution < 1.29 is 8.78 Å². The van der Waals surface area contributed by atoms with Crippen molar-refractivity contribution in [2.24, 2.45) is 4.99 Å². The van der Waals surface area contributed by atoms with E-state index in [1.165, 1.54) is 12.1 Å². The minimum absolute atomic E-state index is 0. The highest BCUT2D eigenvalue weighted by Gasteiger charge is 2.25. The number of nitrogens with one attached hydrogen (secondary N) is 2. The number of anilines is 1. The van der Waals surface area contributed by atoms with Crippen LogP contribution in [0.1, 0.15) is 24.5 Å². The molecule has 9 heteroatoms. The van der Waals surface area contributed by atoms with E-state index in [2.05, 4.69) is 20.6 Å². The summed E-state index contributed by atoms with van der Waals surface area (Å²) in [5.74, 6) is 0.143. The molecular weight excluding hydrogens is 489 g/mol. The average Bonchev–Trinajstić information content (AvgIpc) is 3.15. The topological polar surface area (TPSA) is 76.3 Å². The van der Waals surface area contributed by atoms with Crippen molar-refractivity contribution in [2.75, 3.05) is 24.5 Å². The van der Waals surface area contributed by atoms with Crippen molar-refractivity contribution in [3.63, 3.8) is 0 Å². The average molecular weight is 512 g/mol. The van der Waals surface area contributed by atoms with Crippen LogP contribution in [0.25, 0.3) is 0 Å². The summed E-state index contributed by atoms with van der Waals surface area (Å²) in [6, 6.07) is 9.32. The number of hydrogen-bond acceptors (Lipinski definition) is 4. The number of nitriles is 1. The van der Waals surface area contributed by atoms with Crippen molar-refractivity contribution in [3.8, 4) is 6.07 Å². The van der Waals surface area contributed by atoms with E-state index in [0.29, 0.717) is 37.0 Å². The predicted molar refractivity (Wildman–Crippen MR) is 119 cm³/mol. The Hall–Kier alpha value is -2.48. The lowest BCUT2D eigenvalue weighted by molar-refractivity contribution is 0.607. The van der Waals surface area contributed by atoms with Crippen LogP contribution in [0.2, 0.25) is 0 Å². The minimum atomic E-state index is -0.448. The highest BCUT2D eigenvalue weighted by Crippen LogP contribution is 2.20. The van der Waals surface area contributed by atoms with Crippen molar-refractivity contribution in [2.45, 2.75) is 25.9 Å². The fraction of sp³-hybridized carbons (Fsp3) is 0.350. The van der Waals surface area contributed by atoms with Crippen molar-refractivity contribution in [1.29, 1.82) is 5.26 Å². The van der Waals surface area contributed by atoms with Crippen LogP contribution < -0.4 is 15.5 Å². The summed E-state index contributed by atoms with van der Waals surface area (Å²) >= 11 is 0. The molecule has 0 aliphatic carbocycles. The number of rotatable bonds is 5. The van der Waals surface area contributed by atoms with Gasteiger partial charge >= 0.3 is 0 Å². The Labute approximate surface area is 186 Å². The van der Waals surface area contributed by atoms with Crippen LogP contribution in [0.4, 0.5) is 14.6 Å². The maximum Gasteiger partial charge on any atom is 0.191 e. The van der Waals surface area contributed by atoms with Gasteiger partial charge in [0.25, 0.3) is 0 Å². The van der Waals surface area contributed by atoms with Gasteiger partial charge in [0, 0.05) is 37.4 Å². The summed E-state index contributed by atoms with van der Waals surface area (Å²) in [6.07, 6.45) is 2.39. The lowest BCUT2D eigenvalue weighted by atomic mass is 10.1. The highest BCUT2D eigenvalue weighted by molar-refractivity contribution is 14.0. The number of aromatic nitrogens is 1. The van der Waals surface area contributed by atoms with E-state index in [4.69, 9.17) is 5.26 Å². The van der Waals surface area contributed by atoms with Gasteiger partial charge in [-0.2, -0.15) is 5.26 Å². The zero-order valence-electron chi connectivity index (χ0n) is 16.0. The highest BCUT2D eigenvalue weighted by atomic mass is 127. The minimum Gasteiger partial charge on any atom is -0.357 e. The molecule has 3 rings (SSSR count). The second-order valence-electron chi connectivity index (χ2n) is 6.50. The van der Waals surface area contributed by atoms with Crippen LogP contribution in [-0.4, -0.2) is 36.6 Å². The fourth-order valence-corrected chi connectivity index (χ4v) is 3.10. The Morgan fingerprint density at radius 1 is 1.34 bits per heavy atom. The molecular formula is C20H23F2IN6. The van der Waals surface area contributed by atoms with E-state index in [1.807, 2.05) is 17.9 Å².